The van der Waals surface area contributed by atoms with Crippen molar-refractivity contribution in [1.82, 2.24) is 0 Å². The van der Waals surface area contributed by atoms with Gasteiger partial charge in [-0.15, -0.1) is 25.3 Å². The van der Waals surface area contributed by atoms with Crippen LogP contribution in [0.4, 0.5) is 0 Å². The zero-order valence-corrected chi connectivity index (χ0v) is 11.3. The molecule has 0 nitrogen and oxygen atoms in total. The maximum Gasteiger partial charge on any atom is 0.0253 e. The van der Waals surface area contributed by atoms with Gasteiger partial charge in [-0.3, -0.25) is 0 Å². The van der Waals surface area contributed by atoms with Gasteiger partial charge in [-0.25, -0.2) is 0 Å². The number of thiol groups is 2. The molecule has 0 heterocycles. The summed E-state index contributed by atoms with van der Waals surface area (Å²) in [5.41, 5.74) is 0. The van der Waals surface area contributed by atoms with Crippen LogP contribution in [0, 0.1) is 0 Å². The highest BCUT2D eigenvalue weighted by molar-refractivity contribution is 7.83. The largest absolute Gasteiger partial charge is 0.142 e. The summed E-state index contributed by atoms with van der Waals surface area (Å²) >= 11 is 9.10. The summed E-state index contributed by atoms with van der Waals surface area (Å²) in [7, 11) is 0. The van der Waals surface area contributed by atoms with Gasteiger partial charge in [0.1, 0.15) is 0 Å². The van der Waals surface area contributed by atoms with Crippen LogP contribution in [-0.2, 0) is 0 Å². The minimum absolute atomic E-state index is 0. The molecule has 0 aromatic heterocycles. The van der Waals surface area contributed by atoms with Crippen molar-refractivity contribution in [2.75, 3.05) is 0 Å². The molecule has 4 rings (SSSR count). The smallest absolute Gasteiger partial charge is 0.0253 e. The first-order valence-corrected chi connectivity index (χ1v) is 6.73. The van der Waals surface area contributed by atoms with Crippen LogP contribution in [0.25, 0.3) is 32.3 Å². The van der Waals surface area contributed by atoms with Gasteiger partial charge >= 0.3 is 0 Å². The third-order valence-corrected chi connectivity index (χ3v) is 4.61. The van der Waals surface area contributed by atoms with E-state index in [1.165, 1.54) is 32.3 Å². The molecule has 0 saturated carbocycles. The van der Waals surface area contributed by atoms with Crippen LogP contribution in [0.3, 0.4) is 0 Å². The van der Waals surface area contributed by atoms with E-state index in [4.69, 9.17) is 0 Å². The molecule has 0 spiro atoms. The molecule has 0 aliphatic heterocycles. The molecule has 4 aromatic carbocycles. The fraction of sp³-hybridized carbons (Fsp3) is 0.0588. The van der Waals surface area contributed by atoms with Crippen molar-refractivity contribution in [3.05, 3.63) is 48.5 Å². The van der Waals surface area contributed by atoms with Crippen LogP contribution >= 0.6 is 25.3 Å². The Kier molecular flexibility index (Phi) is 2.88. The summed E-state index contributed by atoms with van der Waals surface area (Å²) < 4.78 is 0. The van der Waals surface area contributed by atoms with Gasteiger partial charge in [-0.1, -0.05) is 49.9 Å². The first-order valence-electron chi connectivity index (χ1n) is 5.84. The van der Waals surface area contributed by atoms with Crippen LogP contribution in [0.1, 0.15) is 7.43 Å². The maximum atomic E-state index is 4.59. The lowest BCUT2D eigenvalue weighted by Crippen LogP contribution is -1.85. The van der Waals surface area contributed by atoms with Gasteiger partial charge in [0.15, 0.2) is 0 Å². The predicted octanol–water partition coefficient (Wildman–Crippen LogP) is 5.80. The van der Waals surface area contributed by atoms with Gasteiger partial charge in [0.25, 0.3) is 0 Å². The minimum Gasteiger partial charge on any atom is -0.142 e. The van der Waals surface area contributed by atoms with Crippen molar-refractivity contribution in [3.8, 4) is 0 Å². The highest BCUT2D eigenvalue weighted by Gasteiger charge is 2.11. The molecule has 2 heteroatoms. The van der Waals surface area contributed by atoms with Gasteiger partial charge in [-0.05, 0) is 38.4 Å². The Hall–Kier alpha value is -1.38. The van der Waals surface area contributed by atoms with E-state index < -0.39 is 0 Å². The topological polar surface area (TPSA) is 0 Å². The zero-order chi connectivity index (χ0) is 12.3. The minimum atomic E-state index is 0. The normalized spacial score (nSPS) is 11.3. The maximum absolute atomic E-state index is 4.59. The summed E-state index contributed by atoms with van der Waals surface area (Å²) in [6.07, 6.45) is 0. The quantitative estimate of drug-likeness (QED) is 0.296. The molecule has 94 valence electrons. The van der Waals surface area contributed by atoms with Gasteiger partial charge in [-0.2, -0.15) is 0 Å². The van der Waals surface area contributed by atoms with E-state index >= 15 is 0 Å². The highest BCUT2D eigenvalue weighted by atomic mass is 32.1. The van der Waals surface area contributed by atoms with E-state index in [1.807, 2.05) is 0 Å². The lowest BCUT2D eigenvalue weighted by Gasteiger charge is -2.13. The Labute approximate surface area is 123 Å². The van der Waals surface area contributed by atoms with E-state index in [0.29, 0.717) is 0 Å². The third-order valence-electron chi connectivity index (χ3n) is 3.60. The molecular formula is C17H14S2. The SMILES string of the molecule is C.Sc1cc2ccc3cccc4ccc(c1S)c2c34. The number of rotatable bonds is 0. The molecule has 0 saturated heterocycles. The second-order valence-electron chi connectivity index (χ2n) is 4.60. The van der Waals surface area contributed by atoms with Crippen molar-refractivity contribution >= 4 is 57.6 Å². The van der Waals surface area contributed by atoms with Crippen molar-refractivity contribution in [2.24, 2.45) is 0 Å². The number of benzene rings is 4. The summed E-state index contributed by atoms with van der Waals surface area (Å²) in [5.74, 6) is 0. The Balaban J connectivity index is 0.00000110. The highest BCUT2D eigenvalue weighted by Crippen LogP contribution is 2.39. The average Bonchev–Trinajstić information content (AvgIpc) is 2.40. The fourth-order valence-electron chi connectivity index (χ4n) is 2.78. The lowest BCUT2D eigenvalue weighted by molar-refractivity contribution is 1.34. The predicted molar refractivity (Wildman–Crippen MR) is 91.4 cm³/mol. The molecule has 0 aliphatic carbocycles. The molecule has 0 fully saturated rings. The van der Waals surface area contributed by atoms with Crippen LogP contribution < -0.4 is 0 Å². The van der Waals surface area contributed by atoms with Gasteiger partial charge in [0.2, 0.25) is 0 Å². The van der Waals surface area contributed by atoms with E-state index in [0.717, 1.165) is 9.79 Å². The summed E-state index contributed by atoms with van der Waals surface area (Å²) in [6.45, 7) is 0. The third kappa shape index (κ3) is 1.63. The van der Waals surface area contributed by atoms with E-state index in [2.05, 4.69) is 73.8 Å². The van der Waals surface area contributed by atoms with Crippen molar-refractivity contribution in [1.29, 1.82) is 0 Å². The second kappa shape index (κ2) is 4.32. The summed E-state index contributed by atoms with van der Waals surface area (Å²) in [6, 6.07) is 17.2. The van der Waals surface area contributed by atoms with Crippen molar-refractivity contribution in [2.45, 2.75) is 17.2 Å². The number of hydrogen-bond donors (Lipinski definition) is 2. The Morgan fingerprint density at radius 1 is 0.684 bits per heavy atom. The summed E-state index contributed by atoms with van der Waals surface area (Å²) in [4.78, 5) is 1.90. The van der Waals surface area contributed by atoms with Crippen LogP contribution in [-0.4, -0.2) is 0 Å². The molecule has 19 heavy (non-hydrogen) atoms. The molecule has 4 aromatic rings. The molecule has 0 unspecified atom stereocenters. The van der Waals surface area contributed by atoms with Gasteiger partial charge < -0.3 is 0 Å². The standard InChI is InChI=1S/C16H10S2.CH4/c17-13-8-11-5-4-9-2-1-3-10-6-7-12(16(13)18)15(11)14(9)10;/h1-8,17-18H;1H4. The first kappa shape index (κ1) is 12.6. The molecule has 0 N–H and O–H groups in total. The van der Waals surface area contributed by atoms with Crippen LogP contribution in [0.15, 0.2) is 58.3 Å². The Morgan fingerprint density at radius 3 is 2.05 bits per heavy atom. The number of hydrogen-bond acceptors (Lipinski definition) is 2. The molecule has 0 bridgehead atoms. The van der Waals surface area contributed by atoms with Crippen LogP contribution in [0.5, 0.6) is 0 Å². The van der Waals surface area contributed by atoms with Crippen LogP contribution in [0.2, 0.25) is 0 Å². The molecule has 0 radical (unpaired) electrons. The van der Waals surface area contributed by atoms with E-state index in [-0.39, 0.29) is 7.43 Å². The van der Waals surface area contributed by atoms with E-state index in [1.54, 1.807) is 0 Å². The summed E-state index contributed by atoms with van der Waals surface area (Å²) in [5, 5.41) is 7.61. The average molecular weight is 282 g/mol. The molecule has 0 amide bonds. The van der Waals surface area contributed by atoms with Gasteiger partial charge in [0, 0.05) is 9.79 Å². The Morgan fingerprint density at radius 2 is 1.32 bits per heavy atom. The van der Waals surface area contributed by atoms with Crippen molar-refractivity contribution < 1.29 is 0 Å². The Bertz CT molecular complexity index is 878. The molecule has 0 aliphatic rings. The van der Waals surface area contributed by atoms with Crippen molar-refractivity contribution in [3.63, 3.8) is 0 Å². The second-order valence-corrected chi connectivity index (χ2v) is 5.53. The van der Waals surface area contributed by atoms with E-state index in [9.17, 15) is 0 Å². The first-order chi connectivity index (χ1) is 8.75. The lowest BCUT2D eigenvalue weighted by atomic mass is 9.94. The zero-order valence-electron chi connectivity index (χ0n) is 9.51. The monoisotopic (exact) mass is 282 g/mol. The molecular weight excluding hydrogens is 268 g/mol. The van der Waals surface area contributed by atoms with Gasteiger partial charge in [0.05, 0.1) is 0 Å². The molecule has 0 atom stereocenters. The fourth-order valence-corrected chi connectivity index (χ4v) is 3.29.